The molecule has 5 heteroatoms. The zero-order valence-electron chi connectivity index (χ0n) is 15.7. The smallest absolute Gasteiger partial charge is 0.331 e. The number of esters is 1. The zero-order chi connectivity index (χ0) is 18.4. The molecular weight excluding hydrogens is 318 g/mol. The molecule has 0 aromatic heterocycles. The van der Waals surface area contributed by atoms with Crippen molar-refractivity contribution in [2.75, 3.05) is 13.7 Å². The summed E-state index contributed by atoms with van der Waals surface area (Å²) in [5, 5.41) is 2.88. The van der Waals surface area contributed by atoms with Crippen LogP contribution < -0.4 is 10.1 Å². The molecule has 1 aromatic rings. The van der Waals surface area contributed by atoms with E-state index in [4.69, 9.17) is 9.47 Å². The van der Waals surface area contributed by atoms with Gasteiger partial charge in [0, 0.05) is 0 Å². The molecule has 1 N–H and O–H groups in total. The van der Waals surface area contributed by atoms with Crippen LogP contribution in [0.5, 0.6) is 5.75 Å². The van der Waals surface area contributed by atoms with E-state index in [9.17, 15) is 9.59 Å². The van der Waals surface area contributed by atoms with Gasteiger partial charge in [0.2, 0.25) is 0 Å². The Morgan fingerprint density at radius 1 is 1.20 bits per heavy atom. The molecule has 0 aliphatic heterocycles. The fourth-order valence-corrected chi connectivity index (χ4v) is 3.42. The number of nitrogens with one attached hydrogen (secondary N) is 1. The number of benzene rings is 1. The van der Waals surface area contributed by atoms with Crippen LogP contribution in [0.1, 0.15) is 63.0 Å². The second kappa shape index (κ2) is 8.37. The first kappa shape index (κ1) is 19.3. The Kier molecular flexibility index (Phi) is 6.45. The molecule has 1 fully saturated rings. The molecule has 0 spiro atoms. The van der Waals surface area contributed by atoms with Crippen LogP contribution in [0.3, 0.4) is 0 Å². The monoisotopic (exact) mass is 347 g/mol. The van der Waals surface area contributed by atoms with E-state index < -0.39 is 5.54 Å². The summed E-state index contributed by atoms with van der Waals surface area (Å²) in [5.74, 6) is 0.377. The van der Waals surface area contributed by atoms with Crippen LogP contribution in [-0.2, 0) is 14.3 Å². The molecular formula is C20H29NO4. The normalized spacial score (nSPS) is 16.4. The summed E-state index contributed by atoms with van der Waals surface area (Å²) in [4.78, 5) is 24.6. The van der Waals surface area contributed by atoms with Gasteiger partial charge < -0.3 is 14.8 Å². The summed E-state index contributed by atoms with van der Waals surface area (Å²) < 4.78 is 10.7. The number of carbonyl (C=O) groups is 2. The van der Waals surface area contributed by atoms with Crippen LogP contribution in [0.4, 0.5) is 0 Å². The van der Waals surface area contributed by atoms with E-state index in [1.807, 2.05) is 25.1 Å². The highest BCUT2D eigenvalue weighted by Gasteiger charge is 2.41. The maximum atomic E-state index is 12.4. The molecule has 0 atom stereocenters. The lowest BCUT2D eigenvalue weighted by Crippen LogP contribution is -2.57. The van der Waals surface area contributed by atoms with Gasteiger partial charge in [-0.2, -0.15) is 0 Å². The predicted molar refractivity (Wildman–Crippen MR) is 96.7 cm³/mol. The summed E-state index contributed by atoms with van der Waals surface area (Å²) in [7, 11) is 1.36. The first-order valence-corrected chi connectivity index (χ1v) is 9.01. The van der Waals surface area contributed by atoms with Crippen molar-refractivity contribution in [2.45, 2.75) is 64.3 Å². The molecule has 1 amide bonds. The van der Waals surface area contributed by atoms with Gasteiger partial charge in [-0.15, -0.1) is 0 Å². The topological polar surface area (TPSA) is 64.6 Å². The SMILES string of the molecule is COC(=O)C1(NC(=O)COc2cc(C)ccc2C(C)C)CCCCC1. The largest absolute Gasteiger partial charge is 0.483 e. The fraction of sp³-hybridized carbons (Fsp3) is 0.600. The van der Waals surface area contributed by atoms with E-state index in [-0.39, 0.29) is 18.5 Å². The van der Waals surface area contributed by atoms with E-state index in [2.05, 4.69) is 19.2 Å². The Labute approximate surface area is 150 Å². The third-order valence-electron chi connectivity index (χ3n) is 4.81. The average molecular weight is 347 g/mol. The predicted octanol–water partition coefficient (Wildman–Crippen LogP) is 3.49. The summed E-state index contributed by atoms with van der Waals surface area (Å²) >= 11 is 0. The van der Waals surface area contributed by atoms with Crippen molar-refractivity contribution in [3.05, 3.63) is 29.3 Å². The lowest BCUT2D eigenvalue weighted by molar-refractivity contribution is -0.152. The van der Waals surface area contributed by atoms with Gasteiger partial charge in [-0.3, -0.25) is 4.79 Å². The van der Waals surface area contributed by atoms with Crippen molar-refractivity contribution in [1.29, 1.82) is 0 Å². The number of carbonyl (C=O) groups excluding carboxylic acids is 2. The first-order chi connectivity index (χ1) is 11.9. The molecule has 5 nitrogen and oxygen atoms in total. The maximum absolute atomic E-state index is 12.4. The van der Waals surface area contributed by atoms with Crippen LogP contribution in [0.2, 0.25) is 0 Å². The highest BCUT2D eigenvalue weighted by molar-refractivity contribution is 5.88. The third kappa shape index (κ3) is 4.74. The van der Waals surface area contributed by atoms with Crippen molar-refractivity contribution >= 4 is 11.9 Å². The Hall–Kier alpha value is -2.04. The minimum atomic E-state index is -0.902. The van der Waals surface area contributed by atoms with E-state index in [0.29, 0.717) is 18.8 Å². The number of amides is 1. The molecule has 138 valence electrons. The van der Waals surface area contributed by atoms with E-state index in [1.54, 1.807) is 0 Å². The Morgan fingerprint density at radius 2 is 1.88 bits per heavy atom. The molecule has 1 aromatic carbocycles. The summed E-state index contributed by atoms with van der Waals surface area (Å²) in [6.07, 6.45) is 4.13. The highest BCUT2D eigenvalue weighted by atomic mass is 16.5. The van der Waals surface area contributed by atoms with Crippen LogP contribution >= 0.6 is 0 Å². The second-order valence-corrected chi connectivity index (χ2v) is 7.17. The number of ether oxygens (including phenoxy) is 2. The number of hydrogen-bond acceptors (Lipinski definition) is 4. The number of rotatable bonds is 6. The minimum absolute atomic E-state index is 0.109. The van der Waals surface area contributed by atoms with Crippen molar-refractivity contribution in [1.82, 2.24) is 5.32 Å². The Bertz CT molecular complexity index is 618. The Morgan fingerprint density at radius 3 is 2.48 bits per heavy atom. The maximum Gasteiger partial charge on any atom is 0.331 e. The van der Waals surface area contributed by atoms with Gasteiger partial charge in [0.1, 0.15) is 11.3 Å². The highest BCUT2D eigenvalue weighted by Crippen LogP contribution is 2.30. The van der Waals surface area contributed by atoms with E-state index in [1.165, 1.54) is 7.11 Å². The van der Waals surface area contributed by atoms with E-state index >= 15 is 0 Å². The first-order valence-electron chi connectivity index (χ1n) is 9.01. The summed E-state index contributed by atoms with van der Waals surface area (Å²) in [5.41, 5.74) is 1.25. The van der Waals surface area contributed by atoms with Crippen molar-refractivity contribution in [3.8, 4) is 5.75 Å². The molecule has 2 rings (SSSR count). The van der Waals surface area contributed by atoms with Crippen molar-refractivity contribution in [3.63, 3.8) is 0 Å². The fourth-order valence-electron chi connectivity index (χ4n) is 3.42. The Balaban J connectivity index is 2.05. The third-order valence-corrected chi connectivity index (χ3v) is 4.81. The number of aryl methyl sites for hydroxylation is 1. The van der Waals surface area contributed by atoms with Gasteiger partial charge >= 0.3 is 5.97 Å². The van der Waals surface area contributed by atoms with Crippen LogP contribution in [0.15, 0.2) is 18.2 Å². The molecule has 0 saturated heterocycles. The van der Waals surface area contributed by atoms with E-state index in [0.717, 1.165) is 36.1 Å². The van der Waals surface area contributed by atoms with Gasteiger partial charge in [-0.05, 0) is 42.9 Å². The van der Waals surface area contributed by atoms with Gasteiger partial charge in [-0.1, -0.05) is 45.2 Å². The molecule has 1 aliphatic carbocycles. The van der Waals surface area contributed by atoms with Crippen LogP contribution in [0.25, 0.3) is 0 Å². The molecule has 25 heavy (non-hydrogen) atoms. The van der Waals surface area contributed by atoms with Gasteiger partial charge in [0.15, 0.2) is 6.61 Å². The average Bonchev–Trinajstić information content (AvgIpc) is 2.59. The minimum Gasteiger partial charge on any atom is -0.483 e. The van der Waals surface area contributed by atoms with Gasteiger partial charge in [-0.25, -0.2) is 4.79 Å². The molecule has 0 heterocycles. The standard InChI is InChI=1S/C20H29NO4/c1-14(2)16-9-8-15(3)12-17(16)25-13-18(22)21-20(19(23)24-4)10-6-5-7-11-20/h8-9,12,14H,5-7,10-11,13H2,1-4H3,(H,21,22). The lowest BCUT2D eigenvalue weighted by atomic mass is 9.81. The van der Waals surface area contributed by atoms with Crippen LogP contribution in [-0.4, -0.2) is 31.1 Å². The van der Waals surface area contributed by atoms with Gasteiger partial charge in [0.25, 0.3) is 5.91 Å². The van der Waals surface area contributed by atoms with Crippen molar-refractivity contribution < 1.29 is 19.1 Å². The molecule has 0 radical (unpaired) electrons. The lowest BCUT2D eigenvalue weighted by Gasteiger charge is -2.35. The molecule has 1 saturated carbocycles. The zero-order valence-corrected chi connectivity index (χ0v) is 15.7. The van der Waals surface area contributed by atoms with Gasteiger partial charge in [0.05, 0.1) is 7.11 Å². The number of methoxy groups -OCH3 is 1. The molecule has 0 unspecified atom stereocenters. The van der Waals surface area contributed by atoms with Crippen molar-refractivity contribution in [2.24, 2.45) is 0 Å². The molecule has 1 aliphatic rings. The number of hydrogen-bond donors (Lipinski definition) is 1. The summed E-state index contributed by atoms with van der Waals surface area (Å²) in [6, 6.07) is 6.01. The summed E-state index contributed by atoms with van der Waals surface area (Å²) in [6.45, 7) is 6.06. The van der Waals surface area contributed by atoms with Crippen LogP contribution in [0, 0.1) is 6.92 Å². The molecule has 0 bridgehead atoms. The second-order valence-electron chi connectivity index (χ2n) is 7.17. The quantitative estimate of drug-likeness (QED) is 0.800.